The lowest BCUT2D eigenvalue weighted by molar-refractivity contribution is -0.265. The number of halogens is 5. The van der Waals surface area contributed by atoms with E-state index < -0.39 is 59.6 Å². The molecule has 0 saturated heterocycles. The minimum Gasteiger partial charge on any atom is -0.489 e. The highest BCUT2D eigenvalue weighted by atomic mass is 35.5. The molecule has 11 nitrogen and oxygen atoms in total. The van der Waals surface area contributed by atoms with Gasteiger partial charge in [-0.1, -0.05) is 18.5 Å². The van der Waals surface area contributed by atoms with Crippen LogP contribution in [0.4, 0.5) is 17.6 Å². The van der Waals surface area contributed by atoms with Crippen LogP contribution >= 0.6 is 11.6 Å². The second kappa shape index (κ2) is 12.5. The number of carbonyl (C=O) groups is 3. The fraction of sp³-hybridized carbons (Fsp3) is 0.281. The number of amides is 3. The van der Waals surface area contributed by atoms with E-state index in [-0.39, 0.29) is 51.0 Å². The summed E-state index contributed by atoms with van der Waals surface area (Å²) in [6, 6.07) is 8.30. The summed E-state index contributed by atoms with van der Waals surface area (Å²) in [4.78, 5) is 45.6. The van der Waals surface area contributed by atoms with Crippen LogP contribution in [-0.2, 0) is 27.0 Å². The van der Waals surface area contributed by atoms with Gasteiger partial charge in [-0.3, -0.25) is 19.4 Å². The predicted octanol–water partition coefficient (Wildman–Crippen LogP) is 3.83. The summed E-state index contributed by atoms with van der Waals surface area (Å²) < 4.78 is 69.5. The number of nitrogens with zero attached hydrogens (tertiary/aromatic N) is 2. The third kappa shape index (κ3) is 6.18. The number of aromatic nitrogens is 2. The number of hydrogen-bond donors (Lipinski definition) is 4. The van der Waals surface area contributed by atoms with Gasteiger partial charge in [0, 0.05) is 28.3 Å². The minimum absolute atomic E-state index is 0.0153. The van der Waals surface area contributed by atoms with Crippen molar-refractivity contribution in [1.29, 1.82) is 0 Å². The highest BCUT2D eigenvalue weighted by Crippen LogP contribution is 2.48. The van der Waals surface area contributed by atoms with E-state index in [1.807, 2.05) is 6.92 Å². The number of rotatable bonds is 10. The van der Waals surface area contributed by atoms with Crippen LogP contribution in [0.3, 0.4) is 0 Å². The molecule has 1 aliphatic heterocycles. The molecule has 0 spiro atoms. The van der Waals surface area contributed by atoms with Gasteiger partial charge in [0.1, 0.15) is 40.5 Å². The number of pyridine rings is 2. The Morgan fingerprint density at radius 3 is 2.50 bits per heavy atom. The van der Waals surface area contributed by atoms with Gasteiger partial charge >= 0.3 is 6.18 Å². The number of primary amides is 2. The zero-order chi connectivity index (χ0) is 35.2. The molecular formula is C32H28ClF4N5O6. The van der Waals surface area contributed by atoms with Crippen LogP contribution in [0.5, 0.6) is 11.5 Å². The molecule has 0 unspecified atom stereocenters. The standard InChI is InChI=1S/C32H28ClF4N5O6/c1-3-15-6-17-7-18(9-22(25(17)40-11-15)47-12-24(38)43)28(44)41-13-31(46,32(35,36)37)23-10-19-27(48-14-30(19,2)29(39)45)26(42-23)16-4-5-21(34)20(33)8-16/h4-11,46H,3,12-14H2,1-2H3,(H2,38,43)(H2,39,45)(H,41,44)/t30-,31-/m0/s1. The molecule has 6 N–H and O–H groups in total. The monoisotopic (exact) mass is 689 g/mol. The summed E-state index contributed by atoms with van der Waals surface area (Å²) in [7, 11) is 0. The van der Waals surface area contributed by atoms with Crippen molar-refractivity contribution >= 4 is 40.2 Å². The van der Waals surface area contributed by atoms with Gasteiger partial charge in [0.25, 0.3) is 11.8 Å². The van der Waals surface area contributed by atoms with Crippen LogP contribution in [0.25, 0.3) is 22.2 Å². The van der Waals surface area contributed by atoms with E-state index in [0.29, 0.717) is 11.8 Å². The Balaban J connectivity index is 1.59. The zero-order valence-corrected chi connectivity index (χ0v) is 26.1. The number of nitrogens with two attached hydrogens (primary N) is 2. The second-order valence-electron chi connectivity index (χ2n) is 11.4. The SMILES string of the molecule is CCc1cnc2c(OCC(N)=O)cc(C(=O)NC[C@](O)(c3cc4c(c(-c5ccc(F)c(Cl)c5)n3)OC[C@]4(C)C(N)=O)C(F)(F)F)cc2c1. The van der Waals surface area contributed by atoms with E-state index in [0.717, 1.165) is 23.8 Å². The first-order valence-corrected chi connectivity index (χ1v) is 14.7. The van der Waals surface area contributed by atoms with Crippen LogP contribution < -0.4 is 26.3 Å². The molecule has 0 bridgehead atoms. The van der Waals surface area contributed by atoms with Crippen molar-refractivity contribution < 1.29 is 46.5 Å². The highest BCUT2D eigenvalue weighted by Gasteiger charge is 2.57. The minimum atomic E-state index is -5.44. The normalized spacial score (nSPS) is 16.9. The Bertz CT molecular complexity index is 1980. The number of ether oxygens (including phenoxy) is 2. The number of fused-ring (bicyclic) bond motifs is 2. The van der Waals surface area contributed by atoms with Gasteiger partial charge in [-0.25, -0.2) is 9.37 Å². The summed E-state index contributed by atoms with van der Waals surface area (Å²) in [6.07, 6.45) is -3.30. The maximum atomic E-state index is 14.8. The van der Waals surface area contributed by atoms with E-state index in [1.165, 1.54) is 25.1 Å². The summed E-state index contributed by atoms with van der Waals surface area (Å²) >= 11 is 5.94. The highest BCUT2D eigenvalue weighted by molar-refractivity contribution is 6.31. The Kier molecular flexibility index (Phi) is 8.97. The van der Waals surface area contributed by atoms with Gasteiger partial charge in [-0.05, 0) is 61.4 Å². The molecule has 2 aromatic heterocycles. The van der Waals surface area contributed by atoms with Crippen LogP contribution in [-0.4, -0.2) is 58.7 Å². The van der Waals surface area contributed by atoms with Crippen molar-refractivity contribution in [3.05, 3.63) is 81.9 Å². The number of aliphatic hydroxyl groups is 1. The molecule has 0 fully saturated rings. The molecular weight excluding hydrogens is 662 g/mol. The average Bonchev–Trinajstić information content (AvgIpc) is 3.39. The smallest absolute Gasteiger partial charge is 0.424 e. The summed E-state index contributed by atoms with van der Waals surface area (Å²) in [6.45, 7) is 0.843. The quantitative estimate of drug-likeness (QED) is 0.181. The zero-order valence-electron chi connectivity index (χ0n) is 25.4. The number of nitrogens with one attached hydrogen (secondary N) is 1. The predicted molar refractivity (Wildman–Crippen MR) is 165 cm³/mol. The molecule has 4 aromatic rings. The second-order valence-corrected chi connectivity index (χ2v) is 11.8. The van der Waals surface area contributed by atoms with Gasteiger partial charge in [-0.15, -0.1) is 0 Å². The van der Waals surface area contributed by atoms with E-state index in [2.05, 4.69) is 15.3 Å². The Hall–Kier alpha value is -5.02. The van der Waals surface area contributed by atoms with Gasteiger partial charge in [-0.2, -0.15) is 13.2 Å². The van der Waals surface area contributed by atoms with Crippen molar-refractivity contribution in [1.82, 2.24) is 15.3 Å². The molecule has 2 atom stereocenters. The lowest BCUT2D eigenvalue weighted by Crippen LogP contribution is -2.51. The van der Waals surface area contributed by atoms with E-state index >= 15 is 0 Å². The van der Waals surface area contributed by atoms with Crippen molar-refractivity contribution in [3.63, 3.8) is 0 Å². The van der Waals surface area contributed by atoms with E-state index in [9.17, 15) is 37.1 Å². The number of aryl methyl sites for hydroxylation is 1. The first kappa shape index (κ1) is 34.3. The van der Waals surface area contributed by atoms with E-state index in [1.54, 1.807) is 12.3 Å². The molecule has 0 aliphatic carbocycles. The number of hydrogen-bond acceptors (Lipinski definition) is 8. The first-order valence-electron chi connectivity index (χ1n) is 14.3. The average molecular weight is 690 g/mol. The molecule has 1 aliphatic rings. The maximum absolute atomic E-state index is 14.8. The molecule has 5 rings (SSSR count). The van der Waals surface area contributed by atoms with Crippen molar-refractivity contribution in [3.8, 4) is 22.8 Å². The van der Waals surface area contributed by atoms with E-state index in [4.69, 9.17) is 32.5 Å². The molecule has 252 valence electrons. The number of carbonyl (C=O) groups excluding carboxylic acids is 3. The van der Waals surface area contributed by atoms with Gasteiger partial charge in [0.15, 0.2) is 6.61 Å². The van der Waals surface area contributed by atoms with Crippen molar-refractivity contribution in [2.75, 3.05) is 19.8 Å². The van der Waals surface area contributed by atoms with Gasteiger partial charge in [0.05, 0.1) is 17.3 Å². The molecule has 3 heterocycles. The molecule has 2 aromatic carbocycles. The molecule has 0 radical (unpaired) electrons. The maximum Gasteiger partial charge on any atom is 0.424 e. The van der Waals surface area contributed by atoms with Gasteiger partial charge in [0.2, 0.25) is 11.5 Å². The third-order valence-corrected chi connectivity index (χ3v) is 8.34. The molecule has 3 amide bonds. The largest absolute Gasteiger partial charge is 0.489 e. The lowest BCUT2D eigenvalue weighted by atomic mass is 9.81. The van der Waals surface area contributed by atoms with Crippen LogP contribution in [0, 0.1) is 5.82 Å². The number of benzene rings is 2. The first-order chi connectivity index (χ1) is 22.5. The third-order valence-electron chi connectivity index (χ3n) is 8.05. The Morgan fingerprint density at radius 1 is 1.15 bits per heavy atom. The fourth-order valence-electron chi connectivity index (χ4n) is 5.13. The Morgan fingerprint density at radius 2 is 1.88 bits per heavy atom. The summed E-state index contributed by atoms with van der Waals surface area (Å²) in [5, 5.41) is 13.5. The van der Waals surface area contributed by atoms with Crippen molar-refractivity contribution in [2.45, 2.75) is 37.5 Å². The van der Waals surface area contributed by atoms with Crippen molar-refractivity contribution in [2.24, 2.45) is 11.5 Å². The fourth-order valence-corrected chi connectivity index (χ4v) is 5.31. The molecule has 0 saturated carbocycles. The van der Waals surface area contributed by atoms with Crippen LogP contribution in [0.15, 0.2) is 48.7 Å². The summed E-state index contributed by atoms with van der Waals surface area (Å²) in [5.74, 6) is -3.77. The molecule has 48 heavy (non-hydrogen) atoms. The van der Waals surface area contributed by atoms with Gasteiger partial charge < -0.3 is 31.4 Å². The summed E-state index contributed by atoms with van der Waals surface area (Å²) in [5.41, 5.74) is 4.79. The Labute approximate surface area is 275 Å². The lowest BCUT2D eigenvalue weighted by Gasteiger charge is -2.31. The van der Waals surface area contributed by atoms with Crippen LogP contribution in [0.1, 0.15) is 41.0 Å². The molecule has 16 heteroatoms. The number of alkyl halides is 3. The van der Waals surface area contributed by atoms with Crippen LogP contribution in [0.2, 0.25) is 5.02 Å². The topological polar surface area (TPSA) is 180 Å².